The summed E-state index contributed by atoms with van der Waals surface area (Å²) in [5, 5.41) is 3.58. The normalized spacial score (nSPS) is 30.2. The molecule has 0 amide bonds. The molecule has 1 fully saturated rings. The first-order valence-corrected chi connectivity index (χ1v) is 5.63. The van der Waals surface area contributed by atoms with E-state index in [0.29, 0.717) is 5.54 Å². The Hall–Kier alpha value is -0.340. The zero-order valence-electron chi connectivity index (χ0n) is 7.44. The van der Waals surface area contributed by atoms with Crippen molar-refractivity contribution in [1.29, 1.82) is 0 Å². The molecule has 1 spiro atoms. The Kier molecular flexibility index (Phi) is 1.59. The SMILES string of the molecule is Brc1ccc2c(c1)C1(CCN1)CC2. The monoisotopic (exact) mass is 237 g/mol. The summed E-state index contributed by atoms with van der Waals surface area (Å²) < 4.78 is 1.21. The fraction of sp³-hybridized carbons (Fsp3) is 0.455. The predicted octanol–water partition coefficient (Wildman–Crippen LogP) is 2.58. The molecule has 0 saturated carbocycles. The molecule has 2 heteroatoms. The summed E-state index contributed by atoms with van der Waals surface area (Å²) in [4.78, 5) is 0. The van der Waals surface area contributed by atoms with Gasteiger partial charge in [0.15, 0.2) is 0 Å². The van der Waals surface area contributed by atoms with Crippen molar-refractivity contribution >= 4 is 15.9 Å². The first-order valence-electron chi connectivity index (χ1n) is 4.84. The Morgan fingerprint density at radius 1 is 1.31 bits per heavy atom. The molecule has 1 N–H and O–H groups in total. The van der Waals surface area contributed by atoms with Crippen LogP contribution in [0.4, 0.5) is 0 Å². The lowest BCUT2D eigenvalue weighted by Gasteiger charge is -2.41. The van der Waals surface area contributed by atoms with Crippen molar-refractivity contribution in [1.82, 2.24) is 5.32 Å². The molecule has 1 aliphatic carbocycles. The van der Waals surface area contributed by atoms with Gasteiger partial charge in [0.25, 0.3) is 0 Å². The van der Waals surface area contributed by atoms with E-state index in [-0.39, 0.29) is 0 Å². The van der Waals surface area contributed by atoms with Gasteiger partial charge in [0.1, 0.15) is 0 Å². The summed E-state index contributed by atoms with van der Waals surface area (Å²) in [6.45, 7) is 1.19. The standard InChI is InChI=1S/C11H12BrN/c12-9-2-1-8-3-4-11(5-6-13-11)10(8)7-9/h1-2,7,13H,3-6H2. The molecule has 1 heterocycles. The quantitative estimate of drug-likeness (QED) is 0.732. The Bertz CT molecular complexity index is 355. The number of halogens is 1. The van der Waals surface area contributed by atoms with Crippen LogP contribution in [-0.2, 0) is 12.0 Å². The highest BCUT2D eigenvalue weighted by atomic mass is 79.9. The lowest BCUT2D eigenvalue weighted by molar-refractivity contribution is 0.210. The first-order chi connectivity index (χ1) is 6.30. The molecule has 3 rings (SSSR count). The third kappa shape index (κ3) is 1.02. The molecule has 2 aliphatic rings. The minimum absolute atomic E-state index is 0.360. The van der Waals surface area contributed by atoms with Crippen LogP contribution in [0.5, 0.6) is 0 Å². The van der Waals surface area contributed by atoms with Crippen LogP contribution in [0.2, 0.25) is 0 Å². The molecule has 1 atom stereocenters. The van der Waals surface area contributed by atoms with Gasteiger partial charge in [-0.15, -0.1) is 0 Å². The molecular formula is C11H12BrN. The second-order valence-electron chi connectivity index (χ2n) is 4.06. The van der Waals surface area contributed by atoms with Crippen molar-refractivity contribution in [3.05, 3.63) is 33.8 Å². The van der Waals surface area contributed by atoms with Gasteiger partial charge in [-0.1, -0.05) is 22.0 Å². The van der Waals surface area contributed by atoms with Crippen LogP contribution >= 0.6 is 15.9 Å². The van der Waals surface area contributed by atoms with Crippen molar-refractivity contribution in [2.45, 2.75) is 24.8 Å². The minimum atomic E-state index is 0.360. The Morgan fingerprint density at radius 2 is 2.15 bits per heavy atom. The summed E-state index contributed by atoms with van der Waals surface area (Å²) in [7, 11) is 0. The molecule has 1 saturated heterocycles. The van der Waals surface area contributed by atoms with Crippen molar-refractivity contribution in [2.24, 2.45) is 0 Å². The molecule has 1 nitrogen and oxygen atoms in total. The summed E-state index contributed by atoms with van der Waals surface area (Å²) in [6, 6.07) is 6.69. The summed E-state index contributed by atoms with van der Waals surface area (Å²) in [5.74, 6) is 0. The molecule has 1 unspecified atom stereocenters. The molecule has 68 valence electrons. The fourth-order valence-electron chi connectivity index (χ4n) is 2.56. The van der Waals surface area contributed by atoms with E-state index < -0.39 is 0 Å². The van der Waals surface area contributed by atoms with Crippen LogP contribution in [0, 0.1) is 0 Å². The molecule has 13 heavy (non-hydrogen) atoms. The molecule has 0 radical (unpaired) electrons. The van der Waals surface area contributed by atoms with Gasteiger partial charge in [0.05, 0.1) is 0 Å². The van der Waals surface area contributed by atoms with Crippen LogP contribution < -0.4 is 5.32 Å². The van der Waals surface area contributed by atoms with Crippen LogP contribution in [-0.4, -0.2) is 6.54 Å². The Balaban J connectivity index is 2.14. The van der Waals surface area contributed by atoms with E-state index in [2.05, 4.69) is 39.4 Å². The zero-order chi connectivity index (χ0) is 8.89. The van der Waals surface area contributed by atoms with Gasteiger partial charge in [-0.25, -0.2) is 0 Å². The summed E-state index contributed by atoms with van der Waals surface area (Å²) in [6.07, 6.45) is 3.85. The number of hydrogen-bond donors (Lipinski definition) is 1. The fourth-order valence-corrected chi connectivity index (χ4v) is 2.93. The molecule has 1 aromatic carbocycles. The molecular weight excluding hydrogens is 226 g/mol. The number of benzene rings is 1. The van der Waals surface area contributed by atoms with Gasteiger partial charge in [-0.3, -0.25) is 0 Å². The maximum absolute atomic E-state index is 3.58. The van der Waals surface area contributed by atoms with Gasteiger partial charge >= 0.3 is 0 Å². The van der Waals surface area contributed by atoms with Gasteiger partial charge in [0.2, 0.25) is 0 Å². The minimum Gasteiger partial charge on any atom is -0.307 e. The van der Waals surface area contributed by atoms with Gasteiger partial charge < -0.3 is 5.32 Å². The third-order valence-corrected chi connectivity index (χ3v) is 3.92. The Morgan fingerprint density at radius 3 is 2.85 bits per heavy atom. The largest absolute Gasteiger partial charge is 0.307 e. The van der Waals surface area contributed by atoms with E-state index >= 15 is 0 Å². The average Bonchev–Trinajstić information content (AvgIpc) is 2.41. The number of rotatable bonds is 0. The summed E-state index contributed by atoms with van der Waals surface area (Å²) >= 11 is 3.54. The van der Waals surface area contributed by atoms with Crippen LogP contribution in [0.15, 0.2) is 22.7 Å². The van der Waals surface area contributed by atoms with Gasteiger partial charge in [-0.05, 0) is 49.1 Å². The maximum atomic E-state index is 3.58. The van der Waals surface area contributed by atoms with Crippen molar-refractivity contribution in [2.75, 3.05) is 6.54 Å². The second-order valence-corrected chi connectivity index (χ2v) is 4.98. The highest BCUT2D eigenvalue weighted by Gasteiger charge is 2.42. The Labute approximate surface area is 86.7 Å². The average molecular weight is 238 g/mol. The van der Waals surface area contributed by atoms with Crippen LogP contribution in [0.3, 0.4) is 0 Å². The number of hydrogen-bond acceptors (Lipinski definition) is 1. The molecule has 0 bridgehead atoms. The van der Waals surface area contributed by atoms with Crippen molar-refractivity contribution < 1.29 is 0 Å². The van der Waals surface area contributed by atoms with E-state index in [4.69, 9.17) is 0 Å². The van der Waals surface area contributed by atoms with Gasteiger partial charge in [-0.2, -0.15) is 0 Å². The second kappa shape index (κ2) is 2.58. The first kappa shape index (κ1) is 8.01. The molecule has 1 aromatic rings. The predicted molar refractivity (Wildman–Crippen MR) is 56.8 cm³/mol. The smallest absolute Gasteiger partial charge is 0.0453 e. The van der Waals surface area contributed by atoms with E-state index in [1.807, 2.05) is 0 Å². The lowest BCUT2D eigenvalue weighted by Crippen LogP contribution is -2.52. The highest BCUT2D eigenvalue weighted by molar-refractivity contribution is 9.10. The van der Waals surface area contributed by atoms with E-state index in [9.17, 15) is 0 Å². The van der Waals surface area contributed by atoms with E-state index in [1.165, 1.54) is 41.4 Å². The van der Waals surface area contributed by atoms with Crippen LogP contribution in [0.1, 0.15) is 24.0 Å². The zero-order valence-corrected chi connectivity index (χ0v) is 9.02. The maximum Gasteiger partial charge on any atom is 0.0453 e. The van der Waals surface area contributed by atoms with Crippen molar-refractivity contribution in [3.63, 3.8) is 0 Å². The highest BCUT2D eigenvalue weighted by Crippen LogP contribution is 2.44. The van der Waals surface area contributed by atoms with Gasteiger partial charge in [0, 0.05) is 10.0 Å². The third-order valence-electron chi connectivity index (χ3n) is 3.42. The molecule has 0 aromatic heterocycles. The van der Waals surface area contributed by atoms with E-state index in [1.54, 1.807) is 0 Å². The topological polar surface area (TPSA) is 12.0 Å². The van der Waals surface area contributed by atoms with E-state index in [0.717, 1.165) is 0 Å². The number of nitrogens with one attached hydrogen (secondary N) is 1. The number of aryl methyl sites for hydroxylation is 1. The molecule has 1 aliphatic heterocycles. The number of fused-ring (bicyclic) bond motifs is 2. The van der Waals surface area contributed by atoms with Crippen molar-refractivity contribution in [3.8, 4) is 0 Å². The van der Waals surface area contributed by atoms with Crippen LogP contribution in [0.25, 0.3) is 0 Å². The summed E-state index contributed by atoms with van der Waals surface area (Å²) in [5.41, 5.74) is 3.43. The lowest BCUT2D eigenvalue weighted by atomic mass is 9.82.